The molecule has 1 aliphatic heterocycles. The molecule has 0 saturated carbocycles. The Balaban J connectivity index is 2.29. The van der Waals surface area contributed by atoms with E-state index in [2.05, 4.69) is 5.43 Å². The number of unbranched alkanes of at least 4 members (excludes halogenated alkanes) is 1. The normalized spacial score (nSPS) is 20.2. The van der Waals surface area contributed by atoms with Crippen LogP contribution in [0.5, 0.6) is 0 Å². The maximum Gasteiger partial charge on any atom is 0.421 e. The Bertz CT molecular complexity index is 283. The van der Waals surface area contributed by atoms with E-state index >= 15 is 0 Å². The Labute approximate surface area is 108 Å². The molecule has 0 spiro atoms. The molecule has 0 bridgehead atoms. The van der Waals surface area contributed by atoms with Gasteiger partial charge in [0.25, 0.3) is 0 Å². The smallest absolute Gasteiger partial charge is 0.421 e. The first-order chi connectivity index (χ1) is 8.67. The molecule has 0 aliphatic carbocycles. The van der Waals surface area contributed by atoms with E-state index in [0.717, 1.165) is 32.2 Å². The number of nitrogens with zero attached hydrogens (tertiary/aromatic N) is 1. The number of rotatable bonds is 5. The van der Waals surface area contributed by atoms with Crippen LogP contribution in [0.25, 0.3) is 0 Å². The van der Waals surface area contributed by atoms with Crippen LogP contribution in [0.2, 0.25) is 0 Å². The van der Waals surface area contributed by atoms with Gasteiger partial charge in [0.05, 0.1) is 19.6 Å². The maximum absolute atomic E-state index is 11.4. The lowest BCUT2D eigenvalue weighted by Gasteiger charge is -2.30. The average molecular weight is 258 g/mol. The lowest BCUT2D eigenvalue weighted by molar-refractivity contribution is -0.147. The minimum Gasteiger partial charge on any atom is -0.469 e. The highest BCUT2D eigenvalue weighted by atomic mass is 16.6. The lowest BCUT2D eigenvalue weighted by atomic mass is 9.99. The van der Waals surface area contributed by atoms with Crippen LogP contribution in [-0.2, 0) is 14.3 Å². The molecule has 104 valence electrons. The number of esters is 1. The number of carbonyl (C=O) groups excluding carboxylic acids is 2. The van der Waals surface area contributed by atoms with Crippen LogP contribution in [0.4, 0.5) is 4.79 Å². The van der Waals surface area contributed by atoms with Crippen molar-refractivity contribution in [3.8, 4) is 0 Å². The third-order valence-corrected chi connectivity index (χ3v) is 2.94. The van der Waals surface area contributed by atoms with Crippen LogP contribution in [-0.4, -0.2) is 43.9 Å². The minimum absolute atomic E-state index is 0.167. The number of hydrogen-bond donors (Lipinski definition) is 1. The van der Waals surface area contributed by atoms with Crippen molar-refractivity contribution >= 4 is 12.1 Å². The van der Waals surface area contributed by atoms with Crippen LogP contribution in [0.1, 0.15) is 32.6 Å². The molecule has 1 fully saturated rings. The fourth-order valence-corrected chi connectivity index (χ4v) is 1.91. The lowest BCUT2D eigenvalue weighted by Crippen LogP contribution is -2.49. The van der Waals surface area contributed by atoms with Crippen molar-refractivity contribution in [3.63, 3.8) is 0 Å². The van der Waals surface area contributed by atoms with Gasteiger partial charge in [-0.1, -0.05) is 13.3 Å². The van der Waals surface area contributed by atoms with Gasteiger partial charge in [0.1, 0.15) is 0 Å². The second-order valence-corrected chi connectivity index (χ2v) is 4.41. The van der Waals surface area contributed by atoms with E-state index in [1.807, 2.05) is 6.92 Å². The standard InChI is InChI=1S/C12H22N2O4/c1-3-4-8-18-12(16)13-14-7-5-6-10(9-14)11(15)17-2/h10H,3-9H2,1-2H3,(H,13,16). The molecule has 1 N–H and O–H groups in total. The van der Waals surface area contributed by atoms with Crippen LogP contribution < -0.4 is 5.43 Å². The van der Waals surface area contributed by atoms with Crippen molar-refractivity contribution in [1.29, 1.82) is 0 Å². The zero-order valence-electron chi connectivity index (χ0n) is 11.1. The molecule has 1 heterocycles. The molecule has 1 aliphatic rings. The predicted octanol–water partition coefficient (Wildman–Crippen LogP) is 1.31. The molecule has 1 unspecified atom stereocenters. The number of hydrazine groups is 1. The molecule has 1 saturated heterocycles. The Morgan fingerprint density at radius 3 is 2.89 bits per heavy atom. The third kappa shape index (κ3) is 4.91. The van der Waals surface area contributed by atoms with E-state index in [0.29, 0.717) is 13.2 Å². The number of carbonyl (C=O) groups is 2. The van der Waals surface area contributed by atoms with E-state index < -0.39 is 6.09 Å². The molecule has 0 aromatic carbocycles. The van der Waals surface area contributed by atoms with Gasteiger partial charge < -0.3 is 9.47 Å². The molecule has 18 heavy (non-hydrogen) atoms. The Kier molecular flexibility index (Phi) is 6.49. The number of hydrogen-bond acceptors (Lipinski definition) is 5. The van der Waals surface area contributed by atoms with E-state index in [1.54, 1.807) is 5.01 Å². The van der Waals surface area contributed by atoms with Gasteiger partial charge in [0, 0.05) is 13.1 Å². The van der Waals surface area contributed by atoms with Gasteiger partial charge in [-0.3, -0.25) is 10.2 Å². The molecule has 6 nitrogen and oxygen atoms in total. The number of nitrogens with one attached hydrogen (secondary N) is 1. The molecule has 0 radical (unpaired) electrons. The summed E-state index contributed by atoms with van der Waals surface area (Å²) in [7, 11) is 1.38. The summed E-state index contributed by atoms with van der Waals surface area (Å²) >= 11 is 0. The quantitative estimate of drug-likeness (QED) is 0.595. The highest BCUT2D eigenvalue weighted by Gasteiger charge is 2.27. The Hall–Kier alpha value is -1.30. The van der Waals surface area contributed by atoms with Gasteiger partial charge in [-0.2, -0.15) is 0 Å². The van der Waals surface area contributed by atoms with Crippen molar-refractivity contribution < 1.29 is 19.1 Å². The largest absolute Gasteiger partial charge is 0.469 e. The first-order valence-corrected chi connectivity index (χ1v) is 6.43. The van der Waals surface area contributed by atoms with E-state index in [1.165, 1.54) is 7.11 Å². The summed E-state index contributed by atoms with van der Waals surface area (Å²) in [6.07, 6.45) is 3.05. The molecular weight excluding hydrogens is 236 g/mol. The average Bonchev–Trinajstić information content (AvgIpc) is 2.38. The molecule has 0 aromatic rings. The van der Waals surface area contributed by atoms with Crippen LogP contribution in [0, 0.1) is 5.92 Å². The Morgan fingerprint density at radius 2 is 2.22 bits per heavy atom. The topological polar surface area (TPSA) is 67.9 Å². The van der Waals surface area contributed by atoms with E-state index in [-0.39, 0.29) is 11.9 Å². The molecule has 0 aromatic heterocycles. The van der Waals surface area contributed by atoms with Crippen molar-refractivity contribution in [2.24, 2.45) is 5.92 Å². The summed E-state index contributed by atoms with van der Waals surface area (Å²) < 4.78 is 9.71. The molecule has 1 rings (SSSR count). The Morgan fingerprint density at radius 1 is 1.44 bits per heavy atom. The number of piperidine rings is 1. The first kappa shape index (κ1) is 14.8. The third-order valence-electron chi connectivity index (χ3n) is 2.94. The monoisotopic (exact) mass is 258 g/mol. The highest BCUT2D eigenvalue weighted by molar-refractivity contribution is 5.72. The molecule has 6 heteroatoms. The predicted molar refractivity (Wildman–Crippen MR) is 65.7 cm³/mol. The van der Waals surface area contributed by atoms with E-state index in [9.17, 15) is 9.59 Å². The van der Waals surface area contributed by atoms with E-state index in [4.69, 9.17) is 9.47 Å². The molecule has 1 atom stereocenters. The first-order valence-electron chi connectivity index (χ1n) is 6.43. The van der Waals surface area contributed by atoms with Gasteiger partial charge in [0.15, 0.2) is 0 Å². The summed E-state index contributed by atoms with van der Waals surface area (Å²) in [4.78, 5) is 22.9. The SMILES string of the molecule is CCCCOC(=O)NN1CCCC(C(=O)OC)C1. The van der Waals surface area contributed by atoms with Crippen LogP contribution in [0.3, 0.4) is 0 Å². The second kappa shape index (κ2) is 7.92. The zero-order valence-corrected chi connectivity index (χ0v) is 11.1. The summed E-state index contributed by atoms with van der Waals surface area (Å²) in [6, 6.07) is 0. The number of amides is 1. The summed E-state index contributed by atoms with van der Waals surface area (Å²) in [5.41, 5.74) is 2.65. The zero-order chi connectivity index (χ0) is 13.4. The maximum atomic E-state index is 11.4. The number of methoxy groups -OCH3 is 1. The molecular formula is C12H22N2O4. The van der Waals surface area contributed by atoms with Crippen molar-refractivity contribution in [3.05, 3.63) is 0 Å². The van der Waals surface area contributed by atoms with Crippen molar-refractivity contribution in [2.75, 3.05) is 26.8 Å². The second-order valence-electron chi connectivity index (χ2n) is 4.41. The van der Waals surface area contributed by atoms with Gasteiger partial charge in [-0.25, -0.2) is 9.80 Å². The van der Waals surface area contributed by atoms with Gasteiger partial charge >= 0.3 is 12.1 Å². The van der Waals surface area contributed by atoms with Gasteiger partial charge in [-0.05, 0) is 19.3 Å². The summed E-state index contributed by atoms with van der Waals surface area (Å²) in [6.45, 7) is 3.68. The molecule has 1 amide bonds. The van der Waals surface area contributed by atoms with Gasteiger partial charge in [-0.15, -0.1) is 0 Å². The van der Waals surface area contributed by atoms with Crippen molar-refractivity contribution in [2.45, 2.75) is 32.6 Å². The van der Waals surface area contributed by atoms with Crippen molar-refractivity contribution in [1.82, 2.24) is 10.4 Å². The van der Waals surface area contributed by atoms with Crippen LogP contribution in [0.15, 0.2) is 0 Å². The summed E-state index contributed by atoms with van der Waals surface area (Å²) in [5, 5.41) is 1.72. The summed E-state index contributed by atoms with van der Waals surface area (Å²) in [5.74, 6) is -0.388. The fraction of sp³-hybridized carbons (Fsp3) is 0.833. The number of ether oxygens (including phenoxy) is 2. The fourth-order valence-electron chi connectivity index (χ4n) is 1.91. The van der Waals surface area contributed by atoms with Gasteiger partial charge in [0.2, 0.25) is 0 Å². The minimum atomic E-state index is -0.450. The highest BCUT2D eigenvalue weighted by Crippen LogP contribution is 2.16. The van der Waals surface area contributed by atoms with Crippen LogP contribution >= 0.6 is 0 Å².